The predicted octanol–water partition coefficient (Wildman–Crippen LogP) is 2.04. The molecule has 0 amide bonds. The number of quaternary nitrogens is 1. The first kappa shape index (κ1) is 19.8. The highest BCUT2D eigenvalue weighted by Crippen LogP contribution is 2.20. The molecule has 0 aliphatic carbocycles. The fraction of sp³-hybridized carbons (Fsp3) is 0.476. The monoisotopic (exact) mass is 413 g/mol. The number of nitrogens with zero attached hydrogens (tertiary/aromatic N) is 5. The second-order valence-corrected chi connectivity index (χ2v) is 8.49. The Morgan fingerprint density at radius 3 is 2.62 bits per heavy atom. The summed E-state index contributed by atoms with van der Waals surface area (Å²) in [5, 5.41) is 14.9. The number of rotatable bonds is 8. The SMILES string of the molecule is CCC[C@H](c1nnnn1Cc1cccs1)[NH+]1CCN(c2ccc(OC)cc2)CC1. The molecule has 29 heavy (non-hydrogen) atoms. The maximum absolute atomic E-state index is 5.28. The Morgan fingerprint density at radius 1 is 1.17 bits per heavy atom. The second-order valence-electron chi connectivity index (χ2n) is 7.46. The van der Waals surface area contributed by atoms with Crippen LogP contribution < -0.4 is 14.5 Å². The van der Waals surface area contributed by atoms with Gasteiger partial charge in [0.2, 0.25) is 5.82 Å². The number of hydrogen-bond donors (Lipinski definition) is 1. The van der Waals surface area contributed by atoms with Crippen molar-refractivity contribution in [3.63, 3.8) is 0 Å². The minimum atomic E-state index is 0.341. The van der Waals surface area contributed by atoms with Crippen molar-refractivity contribution in [3.8, 4) is 5.75 Å². The topological polar surface area (TPSA) is 60.5 Å². The molecule has 2 aromatic heterocycles. The second kappa shape index (κ2) is 9.37. The maximum atomic E-state index is 5.28. The van der Waals surface area contributed by atoms with Crippen molar-refractivity contribution in [2.45, 2.75) is 32.4 Å². The number of methoxy groups -OCH3 is 1. The molecule has 1 saturated heterocycles. The molecule has 1 aliphatic heterocycles. The van der Waals surface area contributed by atoms with Crippen LogP contribution in [-0.2, 0) is 6.54 Å². The lowest BCUT2D eigenvalue weighted by molar-refractivity contribution is -0.933. The number of tetrazole rings is 1. The third kappa shape index (κ3) is 4.59. The van der Waals surface area contributed by atoms with Crippen molar-refractivity contribution in [2.24, 2.45) is 0 Å². The van der Waals surface area contributed by atoms with Gasteiger partial charge in [-0.1, -0.05) is 19.4 Å². The van der Waals surface area contributed by atoms with Crippen LogP contribution in [0, 0.1) is 0 Å². The number of nitrogens with one attached hydrogen (secondary N) is 1. The van der Waals surface area contributed by atoms with Gasteiger partial charge in [-0.25, -0.2) is 4.68 Å². The average molecular weight is 414 g/mol. The number of hydrogen-bond acceptors (Lipinski definition) is 6. The predicted molar refractivity (Wildman–Crippen MR) is 115 cm³/mol. The van der Waals surface area contributed by atoms with Crippen LogP contribution in [0.25, 0.3) is 0 Å². The van der Waals surface area contributed by atoms with Crippen molar-refractivity contribution in [2.75, 3.05) is 38.2 Å². The standard InChI is InChI=1S/C21H28N6OS/c1-3-5-20(21-22-23-24-27(21)16-19-6-4-15-29-19)26-13-11-25(12-14-26)17-7-9-18(28-2)10-8-17/h4,6-10,15,20H,3,5,11-14,16H2,1-2H3/p+1/t20-/m1/s1. The maximum Gasteiger partial charge on any atom is 0.209 e. The average Bonchev–Trinajstić information content (AvgIpc) is 3.45. The zero-order valence-electron chi connectivity index (χ0n) is 17.1. The molecule has 0 unspecified atom stereocenters. The van der Waals surface area contributed by atoms with E-state index in [0.717, 1.165) is 57.1 Å². The summed E-state index contributed by atoms with van der Waals surface area (Å²) in [6, 6.07) is 12.9. The fourth-order valence-corrected chi connectivity index (χ4v) is 4.81. The molecule has 1 N–H and O–H groups in total. The van der Waals surface area contributed by atoms with Crippen LogP contribution in [0.3, 0.4) is 0 Å². The number of benzene rings is 1. The zero-order chi connectivity index (χ0) is 20.1. The molecule has 3 aromatic rings. The van der Waals surface area contributed by atoms with Crippen molar-refractivity contribution in [3.05, 3.63) is 52.5 Å². The summed E-state index contributed by atoms with van der Waals surface area (Å²) >= 11 is 1.75. The van der Waals surface area contributed by atoms with Gasteiger partial charge < -0.3 is 14.5 Å². The molecule has 4 rings (SSSR count). The van der Waals surface area contributed by atoms with E-state index < -0.39 is 0 Å². The third-order valence-corrected chi connectivity index (χ3v) is 6.53. The van der Waals surface area contributed by atoms with E-state index in [-0.39, 0.29) is 0 Å². The minimum Gasteiger partial charge on any atom is -0.497 e. The molecule has 7 nitrogen and oxygen atoms in total. The Kier molecular flexibility index (Phi) is 6.41. The van der Waals surface area contributed by atoms with Gasteiger partial charge in [-0.3, -0.25) is 0 Å². The number of piperazine rings is 1. The Balaban J connectivity index is 1.44. The number of aromatic nitrogens is 4. The van der Waals surface area contributed by atoms with E-state index in [2.05, 4.69) is 57.0 Å². The normalized spacial score (nSPS) is 16.1. The highest BCUT2D eigenvalue weighted by molar-refractivity contribution is 7.09. The highest BCUT2D eigenvalue weighted by Gasteiger charge is 2.32. The molecule has 154 valence electrons. The lowest BCUT2D eigenvalue weighted by atomic mass is 10.1. The third-order valence-electron chi connectivity index (χ3n) is 5.67. The molecule has 1 aromatic carbocycles. The van der Waals surface area contributed by atoms with Gasteiger partial charge in [0.05, 0.1) is 39.8 Å². The number of thiophene rings is 1. The van der Waals surface area contributed by atoms with Crippen molar-refractivity contribution < 1.29 is 9.64 Å². The van der Waals surface area contributed by atoms with Crippen molar-refractivity contribution in [1.29, 1.82) is 0 Å². The van der Waals surface area contributed by atoms with Crippen LogP contribution in [0.2, 0.25) is 0 Å². The van der Waals surface area contributed by atoms with E-state index in [1.165, 1.54) is 10.6 Å². The first-order valence-electron chi connectivity index (χ1n) is 10.3. The Hall–Kier alpha value is -2.45. The molecule has 1 atom stereocenters. The van der Waals surface area contributed by atoms with E-state index in [1.54, 1.807) is 23.3 Å². The molecule has 0 spiro atoms. The minimum absolute atomic E-state index is 0.341. The Labute approximate surface area is 175 Å². The van der Waals surface area contributed by atoms with E-state index >= 15 is 0 Å². The van der Waals surface area contributed by atoms with Gasteiger partial charge in [-0.05, 0) is 46.1 Å². The first-order valence-corrected chi connectivity index (χ1v) is 11.2. The summed E-state index contributed by atoms with van der Waals surface area (Å²) in [4.78, 5) is 5.33. The Morgan fingerprint density at radius 2 is 1.97 bits per heavy atom. The summed E-state index contributed by atoms with van der Waals surface area (Å²) in [6.45, 7) is 7.24. The molecular weight excluding hydrogens is 384 g/mol. The van der Waals surface area contributed by atoms with E-state index in [4.69, 9.17) is 4.74 Å². The highest BCUT2D eigenvalue weighted by atomic mass is 32.1. The molecule has 0 saturated carbocycles. The molecule has 1 fully saturated rings. The lowest BCUT2D eigenvalue weighted by Crippen LogP contribution is -3.15. The molecule has 0 radical (unpaired) electrons. The van der Waals surface area contributed by atoms with Crippen LogP contribution >= 0.6 is 11.3 Å². The van der Waals surface area contributed by atoms with Gasteiger partial charge in [0.25, 0.3) is 0 Å². The molecule has 3 heterocycles. The van der Waals surface area contributed by atoms with E-state index in [1.807, 2.05) is 16.8 Å². The molecule has 1 aliphatic rings. The summed E-state index contributed by atoms with van der Waals surface area (Å²) in [6.07, 6.45) is 2.23. The number of anilines is 1. The molecule has 0 bridgehead atoms. The Bertz CT molecular complexity index is 871. The summed E-state index contributed by atoms with van der Waals surface area (Å²) in [5.41, 5.74) is 1.26. The van der Waals surface area contributed by atoms with Gasteiger partial charge in [-0.2, -0.15) is 0 Å². The summed E-state index contributed by atoms with van der Waals surface area (Å²) in [7, 11) is 1.71. The van der Waals surface area contributed by atoms with Gasteiger partial charge in [0, 0.05) is 17.0 Å². The van der Waals surface area contributed by atoms with Gasteiger partial charge in [0.1, 0.15) is 11.8 Å². The van der Waals surface area contributed by atoms with E-state index in [9.17, 15) is 0 Å². The van der Waals surface area contributed by atoms with Crippen molar-refractivity contribution in [1.82, 2.24) is 20.2 Å². The quantitative estimate of drug-likeness (QED) is 0.612. The largest absolute Gasteiger partial charge is 0.497 e. The van der Waals surface area contributed by atoms with Gasteiger partial charge in [0.15, 0.2) is 0 Å². The zero-order valence-corrected chi connectivity index (χ0v) is 17.9. The lowest BCUT2D eigenvalue weighted by Gasteiger charge is -2.37. The summed E-state index contributed by atoms with van der Waals surface area (Å²) in [5.74, 6) is 1.92. The van der Waals surface area contributed by atoms with Gasteiger partial charge in [-0.15, -0.1) is 16.4 Å². The van der Waals surface area contributed by atoms with Crippen LogP contribution in [0.15, 0.2) is 41.8 Å². The van der Waals surface area contributed by atoms with Gasteiger partial charge >= 0.3 is 0 Å². The van der Waals surface area contributed by atoms with Crippen LogP contribution in [0.4, 0.5) is 5.69 Å². The van der Waals surface area contributed by atoms with Crippen LogP contribution in [0.5, 0.6) is 5.75 Å². The number of ether oxygens (including phenoxy) is 1. The fourth-order valence-electron chi connectivity index (χ4n) is 4.12. The van der Waals surface area contributed by atoms with Crippen molar-refractivity contribution >= 4 is 17.0 Å². The molecule has 8 heteroatoms. The smallest absolute Gasteiger partial charge is 0.209 e. The summed E-state index contributed by atoms with van der Waals surface area (Å²) < 4.78 is 7.27. The molecular formula is C21H29N6OS+. The van der Waals surface area contributed by atoms with E-state index in [0.29, 0.717) is 6.04 Å². The van der Waals surface area contributed by atoms with Crippen LogP contribution in [-0.4, -0.2) is 53.5 Å². The van der Waals surface area contributed by atoms with Crippen LogP contribution in [0.1, 0.15) is 36.5 Å². The first-order chi connectivity index (χ1) is 14.3.